The average molecular weight is 323 g/mol. The molecule has 22 heavy (non-hydrogen) atoms. The van der Waals surface area contributed by atoms with Crippen LogP contribution in [0.5, 0.6) is 0 Å². The van der Waals surface area contributed by atoms with Gasteiger partial charge in [-0.1, -0.05) is 11.6 Å². The van der Waals surface area contributed by atoms with Crippen molar-refractivity contribution in [2.24, 2.45) is 5.92 Å². The maximum Gasteiger partial charge on any atom is 0.222 e. The highest BCUT2D eigenvalue weighted by atomic mass is 35.5. The quantitative estimate of drug-likeness (QED) is 0.803. The Morgan fingerprint density at radius 2 is 2.00 bits per heavy atom. The van der Waals surface area contributed by atoms with Gasteiger partial charge < -0.3 is 9.80 Å². The predicted octanol–water partition coefficient (Wildman–Crippen LogP) is 2.67. The van der Waals surface area contributed by atoms with E-state index in [0.29, 0.717) is 22.8 Å². The molecule has 0 saturated carbocycles. The Kier molecular flexibility index (Phi) is 4.81. The summed E-state index contributed by atoms with van der Waals surface area (Å²) in [6.07, 6.45) is 5.15. The van der Waals surface area contributed by atoms with Gasteiger partial charge in [0.05, 0.1) is 0 Å². The number of anilines is 1. The highest BCUT2D eigenvalue weighted by molar-refractivity contribution is 6.29. The maximum absolute atomic E-state index is 11.9. The van der Waals surface area contributed by atoms with Crippen LogP contribution in [0.2, 0.25) is 5.15 Å². The molecular formula is C16H23ClN4O. The summed E-state index contributed by atoms with van der Waals surface area (Å²) in [5.74, 6) is 2.58. The second kappa shape index (κ2) is 6.82. The van der Waals surface area contributed by atoms with Crippen molar-refractivity contribution in [3.05, 3.63) is 17.0 Å². The molecule has 120 valence electrons. The van der Waals surface area contributed by atoms with Crippen molar-refractivity contribution in [3.63, 3.8) is 0 Å². The van der Waals surface area contributed by atoms with E-state index in [9.17, 15) is 4.79 Å². The van der Waals surface area contributed by atoms with Crippen LogP contribution in [0, 0.1) is 12.8 Å². The minimum absolute atomic E-state index is 0.340. The highest BCUT2D eigenvalue weighted by Gasteiger charge is 2.25. The van der Waals surface area contributed by atoms with Gasteiger partial charge in [0.25, 0.3) is 0 Å². The Hall–Kier alpha value is -1.36. The standard InChI is InChI=1S/C16H23ClN4O/c1-12-18-14(17)10-15(19-12)20-8-5-13(6-9-20)11-21-7-3-2-4-16(21)22/h10,13H,2-9,11H2,1H3. The molecule has 2 aliphatic heterocycles. The van der Waals surface area contributed by atoms with E-state index in [2.05, 4.69) is 19.8 Å². The van der Waals surface area contributed by atoms with Gasteiger partial charge in [0.2, 0.25) is 5.91 Å². The molecule has 3 heterocycles. The summed E-state index contributed by atoms with van der Waals surface area (Å²) in [6, 6.07) is 1.84. The van der Waals surface area contributed by atoms with Crippen molar-refractivity contribution in [3.8, 4) is 0 Å². The molecule has 2 fully saturated rings. The minimum atomic E-state index is 0.340. The lowest BCUT2D eigenvalue weighted by Crippen LogP contribution is -2.42. The van der Waals surface area contributed by atoms with Crippen LogP contribution in [0.3, 0.4) is 0 Å². The van der Waals surface area contributed by atoms with Crippen molar-refractivity contribution in [2.45, 2.75) is 39.0 Å². The number of rotatable bonds is 3. The molecule has 2 aliphatic rings. The largest absolute Gasteiger partial charge is 0.356 e. The monoisotopic (exact) mass is 322 g/mol. The Bertz CT molecular complexity index is 523. The number of halogens is 1. The number of carbonyl (C=O) groups is 1. The normalized spacial score (nSPS) is 20.5. The second-order valence-corrected chi connectivity index (χ2v) is 6.71. The Morgan fingerprint density at radius 1 is 1.23 bits per heavy atom. The van der Waals surface area contributed by atoms with Crippen LogP contribution in [-0.2, 0) is 4.79 Å². The van der Waals surface area contributed by atoms with Gasteiger partial charge in [0, 0.05) is 38.7 Å². The fourth-order valence-electron chi connectivity index (χ4n) is 3.39. The topological polar surface area (TPSA) is 49.3 Å². The number of piperidine rings is 2. The van der Waals surface area contributed by atoms with Crippen molar-refractivity contribution in [2.75, 3.05) is 31.1 Å². The molecule has 1 aromatic heterocycles. The molecule has 2 saturated heterocycles. The fraction of sp³-hybridized carbons (Fsp3) is 0.688. The second-order valence-electron chi connectivity index (χ2n) is 6.32. The lowest BCUT2D eigenvalue weighted by Gasteiger charge is -2.36. The van der Waals surface area contributed by atoms with E-state index in [1.165, 1.54) is 0 Å². The minimum Gasteiger partial charge on any atom is -0.356 e. The number of aromatic nitrogens is 2. The highest BCUT2D eigenvalue weighted by Crippen LogP contribution is 2.25. The molecule has 0 aromatic carbocycles. The lowest BCUT2D eigenvalue weighted by atomic mass is 9.95. The fourth-order valence-corrected chi connectivity index (χ4v) is 3.61. The summed E-state index contributed by atoms with van der Waals surface area (Å²) in [5, 5.41) is 0.503. The number of likely N-dealkylation sites (tertiary alicyclic amines) is 1. The van der Waals surface area contributed by atoms with E-state index >= 15 is 0 Å². The van der Waals surface area contributed by atoms with E-state index < -0.39 is 0 Å². The van der Waals surface area contributed by atoms with E-state index in [-0.39, 0.29) is 0 Å². The van der Waals surface area contributed by atoms with Gasteiger partial charge in [-0.3, -0.25) is 4.79 Å². The zero-order valence-corrected chi connectivity index (χ0v) is 13.8. The Morgan fingerprint density at radius 3 is 2.68 bits per heavy atom. The van der Waals surface area contributed by atoms with Gasteiger partial charge in [0.1, 0.15) is 16.8 Å². The van der Waals surface area contributed by atoms with E-state index in [4.69, 9.17) is 11.6 Å². The summed E-state index contributed by atoms with van der Waals surface area (Å²) in [6.45, 7) is 5.68. The molecule has 6 heteroatoms. The Labute approximate surface area is 136 Å². The maximum atomic E-state index is 11.9. The lowest BCUT2D eigenvalue weighted by molar-refractivity contribution is -0.134. The van der Waals surface area contributed by atoms with Crippen LogP contribution in [0.15, 0.2) is 6.07 Å². The van der Waals surface area contributed by atoms with Gasteiger partial charge in [-0.05, 0) is 38.5 Å². The average Bonchev–Trinajstić information content (AvgIpc) is 2.49. The van der Waals surface area contributed by atoms with Crippen LogP contribution in [0.25, 0.3) is 0 Å². The molecule has 0 radical (unpaired) electrons. The number of nitrogens with zero attached hydrogens (tertiary/aromatic N) is 4. The molecule has 0 aliphatic carbocycles. The van der Waals surface area contributed by atoms with Crippen molar-refractivity contribution in [1.29, 1.82) is 0 Å². The predicted molar refractivity (Wildman–Crippen MR) is 87.1 cm³/mol. The third-order valence-electron chi connectivity index (χ3n) is 4.63. The van der Waals surface area contributed by atoms with E-state index in [1.807, 2.05) is 13.0 Å². The van der Waals surface area contributed by atoms with Crippen LogP contribution >= 0.6 is 11.6 Å². The number of hydrogen-bond acceptors (Lipinski definition) is 4. The van der Waals surface area contributed by atoms with Crippen LogP contribution in [-0.4, -0.2) is 47.0 Å². The molecule has 5 nitrogen and oxygen atoms in total. The molecule has 0 N–H and O–H groups in total. The first kappa shape index (κ1) is 15.5. The van der Waals surface area contributed by atoms with E-state index in [0.717, 1.165) is 64.1 Å². The molecule has 1 amide bonds. The van der Waals surface area contributed by atoms with Gasteiger partial charge in [-0.15, -0.1) is 0 Å². The Balaban J connectivity index is 1.54. The first-order chi connectivity index (χ1) is 10.6. The number of amides is 1. The van der Waals surface area contributed by atoms with Crippen molar-refractivity contribution < 1.29 is 4.79 Å². The first-order valence-corrected chi connectivity index (χ1v) is 8.53. The van der Waals surface area contributed by atoms with Gasteiger partial charge >= 0.3 is 0 Å². The third-order valence-corrected chi connectivity index (χ3v) is 4.83. The summed E-state index contributed by atoms with van der Waals surface area (Å²) in [7, 11) is 0. The molecule has 0 atom stereocenters. The van der Waals surface area contributed by atoms with Crippen LogP contribution in [0.4, 0.5) is 5.82 Å². The van der Waals surface area contributed by atoms with E-state index in [1.54, 1.807) is 0 Å². The van der Waals surface area contributed by atoms with Gasteiger partial charge in [-0.2, -0.15) is 0 Å². The van der Waals surface area contributed by atoms with Gasteiger partial charge in [-0.25, -0.2) is 9.97 Å². The number of aryl methyl sites for hydroxylation is 1. The first-order valence-electron chi connectivity index (χ1n) is 8.16. The smallest absolute Gasteiger partial charge is 0.222 e. The number of hydrogen-bond donors (Lipinski definition) is 0. The summed E-state index contributed by atoms with van der Waals surface area (Å²) in [4.78, 5) is 24.8. The summed E-state index contributed by atoms with van der Waals surface area (Å²) in [5.41, 5.74) is 0. The molecule has 1 aromatic rings. The van der Waals surface area contributed by atoms with Crippen LogP contribution < -0.4 is 4.90 Å². The molecule has 0 spiro atoms. The summed E-state index contributed by atoms with van der Waals surface area (Å²) < 4.78 is 0. The van der Waals surface area contributed by atoms with Crippen LogP contribution in [0.1, 0.15) is 37.9 Å². The molecule has 3 rings (SSSR count). The van der Waals surface area contributed by atoms with Crippen molar-refractivity contribution >= 4 is 23.3 Å². The zero-order valence-electron chi connectivity index (χ0n) is 13.1. The summed E-state index contributed by atoms with van der Waals surface area (Å²) >= 11 is 6.02. The molecule has 0 bridgehead atoms. The molecule has 0 unspecified atom stereocenters. The van der Waals surface area contributed by atoms with Gasteiger partial charge in [0.15, 0.2) is 0 Å². The zero-order chi connectivity index (χ0) is 15.5. The molecular weight excluding hydrogens is 300 g/mol. The number of carbonyl (C=O) groups excluding carboxylic acids is 1. The third kappa shape index (κ3) is 3.69. The SMILES string of the molecule is Cc1nc(Cl)cc(N2CCC(CN3CCCCC3=O)CC2)n1. The van der Waals surface area contributed by atoms with Crippen molar-refractivity contribution in [1.82, 2.24) is 14.9 Å².